The molecule has 33 heavy (non-hydrogen) atoms. The van der Waals surface area contributed by atoms with Gasteiger partial charge in [-0.15, -0.1) is 11.8 Å². The number of aliphatic hydroxyl groups is 1. The second-order valence-electron chi connectivity index (χ2n) is 7.40. The van der Waals surface area contributed by atoms with E-state index in [2.05, 4.69) is 4.98 Å². The Morgan fingerprint density at radius 3 is 2.45 bits per heavy atom. The van der Waals surface area contributed by atoms with Crippen LogP contribution in [0.5, 0.6) is 0 Å². The molecular weight excluding hydrogens is 458 g/mol. The normalized spacial score (nSPS) is 11.0. The Morgan fingerprint density at radius 2 is 1.79 bits per heavy atom. The van der Waals surface area contributed by atoms with Crippen molar-refractivity contribution in [1.29, 1.82) is 0 Å². The zero-order chi connectivity index (χ0) is 23.4. The fourth-order valence-electron chi connectivity index (χ4n) is 3.78. The van der Waals surface area contributed by atoms with E-state index in [4.69, 9.17) is 21.4 Å². The first kappa shape index (κ1) is 23.1. The fraction of sp³-hybridized carbons (Fsp3) is 0.154. The number of ether oxygens (including phenoxy) is 1. The minimum atomic E-state index is -0.613. The van der Waals surface area contributed by atoms with Gasteiger partial charge in [0.1, 0.15) is 5.69 Å². The molecular formula is C26H22ClNO4S. The van der Waals surface area contributed by atoms with Gasteiger partial charge in [0.25, 0.3) is 0 Å². The molecule has 168 valence electrons. The van der Waals surface area contributed by atoms with Crippen molar-refractivity contribution < 1.29 is 14.6 Å². The number of esters is 1. The predicted octanol–water partition coefficient (Wildman–Crippen LogP) is 5.31. The number of aromatic nitrogens is 1. The van der Waals surface area contributed by atoms with Crippen LogP contribution in [0.4, 0.5) is 0 Å². The van der Waals surface area contributed by atoms with Crippen LogP contribution >= 0.6 is 23.4 Å². The van der Waals surface area contributed by atoms with E-state index in [1.165, 1.54) is 7.11 Å². The van der Waals surface area contributed by atoms with Gasteiger partial charge in [0, 0.05) is 33.6 Å². The largest absolute Gasteiger partial charge is 0.464 e. The monoisotopic (exact) mass is 479 g/mol. The minimum absolute atomic E-state index is 0.107. The molecule has 1 heterocycles. The van der Waals surface area contributed by atoms with Gasteiger partial charge < -0.3 is 14.8 Å². The Kier molecular flexibility index (Phi) is 7.18. The molecule has 0 saturated carbocycles. The van der Waals surface area contributed by atoms with Crippen LogP contribution in [-0.2, 0) is 11.2 Å². The van der Waals surface area contributed by atoms with Gasteiger partial charge >= 0.3 is 5.97 Å². The van der Waals surface area contributed by atoms with Crippen molar-refractivity contribution in [2.45, 2.75) is 11.3 Å². The third-order valence-electron chi connectivity index (χ3n) is 5.34. The molecule has 2 N–H and O–H groups in total. The maximum Gasteiger partial charge on any atom is 0.354 e. The van der Waals surface area contributed by atoms with E-state index < -0.39 is 5.97 Å². The second kappa shape index (κ2) is 10.3. The molecule has 0 amide bonds. The summed E-state index contributed by atoms with van der Waals surface area (Å²) in [5, 5.41) is 9.93. The number of carbonyl (C=O) groups is 1. The number of thioether (sulfide) groups is 1. The van der Waals surface area contributed by atoms with Crippen LogP contribution in [-0.4, -0.2) is 35.5 Å². The molecule has 4 aromatic rings. The van der Waals surface area contributed by atoms with E-state index in [-0.39, 0.29) is 24.2 Å². The number of carbonyl (C=O) groups excluding carboxylic acids is 1. The van der Waals surface area contributed by atoms with Gasteiger partial charge in [-0.2, -0.15) is 0 Å². The third-order valence-corrected chi connectivity index (χ3v) is 6.65. The number of methoxy groups -OCH3 is 1. The standard InChI is InChI=1S/C26H22ClNO4S/c1-32-26(31)24-20(15-16-7-9-18(10-8-16)33-14-13-29)25(30)19-11-12-21(27)22(23(19)28-24)17-5-3-2-4-6-17/h2-12,29H,13-15H2,1H3,(H,28,30). The molecule has 5 nitrogen and oxygen atoms in total. The molecule has 0 spiro atoms. The number of aromatic amines is 1. The van der Waals surface area contributed by atoms with Gasteiger partial charge in [-0.1, -0.05) is 54.1 Å². The quantitative estimate of drug-likeness (QED) is 0.277. The topological polar surface area (TPSA) is 79.4 Å². The number of fused-ring (bicyclic) bond motifs is 1. The summed E-state index contributed by atoms with van der Waals surface area (Å²) in [7, 11) is 1.29. The summed E-state index contributed by atoms with van der Waals surface area (Å²) < 4.78 is 4.99. The average Bonchev–Trinajstić information content (AvgIpc) is 2.85. The van der Waals surface area contributed by atoms with Crippen LogP contribution in [0.25, 0.3) is 22.0 Å². The molecule has 0 aliphatic rings. The van der Waals surface area contributed by atoms with Gasteiger partial charge in [0.15, 0.2) is 5.43 Å². The highest BCUT2D eigenvalue weighted by Gasteiger charge is 2.21. The lowest BCUT2D eigenvalue weighted by molar-refractivity contribution is 0.0593. The molecule has 7 heteroatoms. The van der Waals surface area contributed by atoms with Crippen molar-refractivity contribution in [3.63, 3.8) is 0 Å². The molecule has 0 aliphatic heterocycles. The number of nitrogens with one attached hydrogen (secondary N) is 1. The number of benzene rings is 3. The van der Waals surface area contributed by atoms with E-state index >= 15 is 0 Å². The summed E-state index contributed by atoms with van der Waals surface area (Å²) in [5.74, 6) is 0.000715. The lowest BCUT2D eigenvalue weighted by Gasteiger charge is -2.14. The molecule has 0 atom stereocenters. The fourth-order valence-corrected chi connectivity index (χ4v) is 4.70. The summed E-state index contributed by atoms with van der Waals surface area (Å²) >= 11 is 8.07. The van der Waals surface area contributed by atoms with Gasteiger partial charge in [0.2, 0.25) is 0 Å². The Bertz CT molecular complexity index is 1350. The first-order valence-electron chi connectivity index (χ1n) is 10.4. The molecule has 0 fully saturated rings. The molecule has 0 saturated heterocycles. The number of H-pyrrole nitrogens is 1. The van der Waals surface area contributed by atoms with E-state index in [0.717, 1.165) is 16.0 Å². The van der Waals surface area contributed by atoms with Crippen LogP contribution in [0.2, 0.25) is 5.02 Å². The molecule has 0 bridgehead atoms. The summed E-state index contributed by atoms with van der Waals surface area (Å²) in [5.41, 5.74) is 3.10. The smallest absolute Gasteiger partial charge is 0.354 e. The number of aliphatic hydroxyl groups excluding tert-OH is 1. The number of hydrogen-bond donors (Lipinski definition) is 2. The van der Waals surface area contributed by atoms with Gasteiger partial charge in [0.05, 0.1) is 24.3 Å². The Labute approximate surface area is 200 Å². The van der Waals surface area contributed by atoms with Crippen molar-refractivity contribution in [3.05, 3.63) is 98.8 Å². The van der Waals surface area contributed by atoms with Crippen molar-refractivity contribution in [3.8, 4) is 11.1 Å². The SMILES string of the molecule is COC(=O)c1[nH]c2c(-c3ccccc3)c(Cl)ccc2c(=O)c1Cc1ccc(SCCO)cc1. The lowest BCUT2D eigenvalue weighted by Crippen LogP contribution is -2.20. The van der Waals surface area contributed by atoms with E-state index in [1.807, 2.05) is 54.6 Å². The number of rotatable bonds is 7. The highest BCUT2D eigenvalue weighted by atomic mass is 35.5. The number of halogens is 1. The Hall–Kier alpha value is -3.06. The van der Waals surface area contributed by atoms with Crippen LogP contribution in [0.15, 0.2) is 76.4 Å². The van der Waals surface area contributed by atoms with Crippen LogP contribution in [0.1, 0.15) is 21.6 Å². The zero-order valence-corrected chi connectivity index (χ0v) is 19.5. The molecule has 1 aromatic heterocycles. The maximum atomic E-state index is 13.6. The van der Waals surface area contributed by atoms with E-state index in [0.29, 0.717) is 32.8 Å². The Balaban J connectivity index is 1.86. The minimum Gasteiger partial charge on any atom is -0.464 e. The van der Waals surface area contributed by atoms with Crippen molar-refractivity contribution in [2.75, 3.05) is 19.5 Å². The van der Waals surface area contributed by atoms with Crippen LogP contribution in [0, 0.1) is 0 Å². The summed E-state index contributed by atoms with van der Waals surface area (Å²) in [6, 6.07) is 20.6. The maximum absolute atomic E-state index is 13.6. The van der Waals surface area contributed by atoms with Crippen molar-refractivity contribution in [1.82, 2.24) is 4.98 Å². The Morgan fingerprint density at radius 1 is 1.06 bits per heavy atom. The average molecular weight is 480 g/mol. The molecule has 0 unspecified atom stereocenters. The first-order valence-corrected chi connectivity index (χ1v) is 11.7. The van der Waals surface area contributed by atoms with Crippen LogP contribution < -0.4 is 5.43 Å². The number of pyridine rings is 1. The van der Waals surface area contributed by atoms with Crippen molar-refractivity contribution >= 4 is 40.2 Å². The number of hydrogen-bond acceptors (Lipinski definition) is 5. The highest BCUT2D eigenvalue weighted by molar-refractivity contribution is 7.99. The zero-order valence-electron chi connectivity index (χ0n) is 17.9. The van der Waals surface area contributed by atoms with Gasteiger partial charge in [-0.3, -0.25) is 4.79 Å². The van der Waals surface area contributed by atoms with Crippen LogP contribution in [0.3, 0.4) is 0 Å². The molecule has 0 aliphatic carbocycles. The lowest BCUT2D eigenvalue weighted by atomic mass is 9.97. The van der Waals surface area contributed by atoms with Gasteiger partial charge in [-0.25, -0.2) is 4.79 Å². The summed E-state index contributed by atoms with van der Waals surface area (Å²) in [4.78, 5) is 30.4. The van der Waals surface area contributed by atoms with Crippen molar-refractivity contribution in [2.24, 2.45) is 0 Å². The molecule has 3 aromatic carbocycles. The van der Waals surface area contributed by atoms with Gasteiger partial charge in [-0.05, 0) is 35.4 Å². The van der Waals surface area contributed by atoms with E-state index in [9.17, 15) is 9.59 Å². The second-order valence-corrected chi connectivity index (χ2v) is 8.98. The summed E-state index contributed by atoms with van der Waals surface area (Å²) in [6.45, 7) is 0.107. The van der Waals surface area contributed by atoms with E-state index in [1.54, 1.807) is 23.9 Å². The molecule has 0 radical (unpaired) electrons. The highest BCUT2D eigenvalue weighted by Crippen LogP contribution is 2.34. The summed E-state index contributed by atoms with van der Waals surface area (Å²) in [6.07, 6.45) is 0.268. The predicted molar refractivity (Wildman–Crippen MR) is 133 cm³/mol. The third kappa shape index (κ3) is 4.83. The molecule has 4 rings (SSSR count). The first-order chi connectivity index (χ1) is 16.0.